The Bertz CT molecular complexity index is 299. The number of hydrogen-bond acceptors (Lipinski definition) is 2. The van der Waals surface area contributed by atoms with E-state index in [0.29, 0.717) is 5.91 Å². The van der Waals surface area contributed by atoms with Gasteiger partial charge in [0, 0.05) is 6.54 Å². The SMILES string of the molecule is CCCC1NC(C)(CC)C(=O)N1CC1CCCC1. The lowest BCUT2D eigenvalue weighted by Gasteiger charge is -2.26. The largest absolute Gasteiger partial charge is 0.325 e. The van der Waals surface area contributed by atoms with Gasteiger partial charge in [-0.2, -0.15) is 0 Å². The monoisotopic (exact) mass is 252 g/mol. The minimum Gasteiger partial charge on any atom is -0.325 e. The fourth-order valence-electron chi connectivity index (χ4n) is 3.40. The summed E-state index contributed by atoms with van der Waals surface area (Å²) in [6.07, 6.45) is 8.69. The topological polar surface area (TPSA) is 32.3 Å². The van der Waals surface area contributed by atoms with Gasteiger partial charge in [0.25, 0.3) is 0 Å². The van der Waals surface area contributed by atoms with Crippen molar-refractivity contribution < 1.29 is 4.79 Å². The van der Waals surface area contributed by atoms with Crippen molar-refractivity contribution in [1.82, 2.24) is 10.2 Å². The summed E-state index contributed by atoms with van der Waals surface area (Å²) in [5.41, 5.74) is -0.321. The molecule has 1 N–H and O–H groups in total. The second-order valence-electron chi connectivity index (χ2n) is 6.24. The molecule has 0 bridgehead atoms. The lowest BCUT2D eigenvalue weighted by molar-refractivity contribution is -0.133. The van der Waals surface area contributed by atoms with E-state index in [-0.39, 0.29) is 11.7 Å². The third-order valence-electron chi connectivity index (χ3n) is 4.79. The smallest absolute Gasteiger partial charge is 0.243 e. The summed E-state index contributed by atoms with van der Waals surface area (Å²) in [6, 6.07) is 0. The van der Waals surface area contributed by atoms with Crippen molar-refractivity contribution in [3.05, 3.63) is 0 Å². The van der Waals surface area contributed by atoms with Crippen LogP contribution in [0.15, 0.2) is 0 Å². The number of hydrogen-bond donors (Lipinski definition) is 1. The Morgan fingerprint density at radius 1 is 1.33 bits per heavy atom. The van der Waals surface area contributed by atoms with Crippen LogP contribution in [-0.2, 0) is 4.79 Å². The Kier molecular flexibility index (Phi) is 4.31. The molecule has 18 heavy (non-hydrogen) atoms. The third kappa shape index (κ3) is 2.56. The molecule has 1 aliphatic heterocycles. The molecular weight excluding hydrogens is 224 g/mol. The van der Waals surface area contributed by atoms with Crippen molar-refractivity contribution in [3.63, 3.8) is 0 Å². The molecule has 2 atom stereocenters. The van der Waals surface area contributed by atoms with Crippen LogP contribution in [0, 0.1) is 5.92 Å². The molecule has 1 amide bonds. The standard InChI is InChI=1S/C15H28N2O/c1-4-8-13-16-15(3,5-2)14(18)17(13)11-12-9-6-7-10-12/h12-13,16H,4-11H2,1-3H3. The molecule has 2 aliphatic rings. The summed E-state index contributed by atoms with van der Waals surface area (Å²) in [4.78, 5) is 14.7. The van der Waals surface area contributed by atoms with Crippen LogP contribution in [0.25, 0.3) is 0 Å². The van der Waals surface area contributed by atoms with Gasteiger partial charge in [-0.15, -0.1) is 0 Å². The molecule has 0 aromatic heterocycles. The van der Waals surface area contributed by atoms with Gasteiger partial charge in [0.15, 0.2) is 0 Å². The van der Waals surface area contributed by atoms with Gasteiger partial charge in [0.2, 0.25) is 5.91 Å². The van der Waals surface area contributed by atoms with E-state index >= 15 is 0 Å². The van der Waals surface area contributed by atoms with Gasteiger partial charge in [0.1, 0.15) is 0 Å². The number of carbonyl (C=O) groups is 1. The molecular formula is C15H28N2O. The van der Waals surface area contributed by atoms with Crippen LogP contribution in [0.5, 0.6) is 0 Å². The van der Waals surface area contributed by atoms with E-state index in [1.165, 1.54) is 25.7 Å². The Morgan fingerprint density at radius 2 is 2.00 bits per heavy atom. The first-order chi connectivity index (χ1) is 8.60. The minimum absolute atomic E-state index is 0.271. The zero-order valence-electron chi connectivity index (χ0n) is 12.2. The Labute approximate surface area is 111 Å². The van der Waals surface area contributed by atoms with Crippen molar-refractivity contribution in [2.75, 3.05) is 6.54 Å². The van der Waals surface area contributed by atoms with Gasteiger partial charge in [-0.1, -0.05) is 33.1 Å². The molecule has 0 radical (unpaired) electrons. The lowest BCUT2D eigenvalue weighted by atomic mass is 9.99. The number of nitrogens with zero attached hydrogens (tertiary/aromatic N) is 1. The molecule has 0 aromatic carbocycles. The fraction of sp³-hybridized carbons (Fsp3) is 0.933. The average Bonchev–Trinajstić information content (AvgIpc) is 2.94. The first kappa shape index (κ1) is 13.9. The maximum atomic E-state index is 12.6. The number of carbonyl (C=O) groups excluding carboxylic acids is 1. The van der Waals surface area contributed by atoms with Crippen LogP contribution < -0.4 is 5.32 Å². The van der Waals surface area contributed by atoms with Gasteiger partial charge in [-0.3, -0.25) is 10.1 Å². The van der Waals surface area contributed by atoms with Gasteiger partial charge in [0.05, 0.1) is 11.7 Å². The van der Waals surface area contributed by atoms with E-state index in [2.05, 4.69) is 31.0 Å². The van der Waals surface area contributed by atoms with Crippen molar-refractivity contribution >= 4 is 5.91 Å². The zero-order valence-corrected chi connectivity index (χ0v) is 12.2. The van der Waals surface area contributed by atoms with E-state index in [4.69, 9.17) is 0 Å². The normalized spacial score (nSPS) is 33.6. The maximum absolute atomic E-state index is 12.6. The predicted molar refractivity (Wildman–Crippen MR) is 74.2 cm³/mol. The third-order valence-corrected chi connectivity index (χ3v) is 4.79. The van der Waals surface area contributed by atoms with Crippen LogP contribution in [0.2, 0.25) is 0 Å². The second kappa shape index (κ2) is 5.60. The molecule has 3 nitrogen and oxygen atoms in total. The highest BCUT2D eigenvalue weighted by Crippen LogP contribution is 2.31. The van der Waals surface area contributed by atoms with Gasteiger partial charge < -0.3 is 4.90 Å². The second-order valence-corrected chi connectivity index (χ2v) is 6.24. The van der Waals surface area contributed by atoms with E-state index in [1.54, 1.807) is 0 Å². The van der Waals surface area contributed by atoms with Crippen molar-refractivity contribution in [1.29, 1.82) is 0 Å². The highest BCUT2D eigenvalue weighted by atomic mass is 16.2. The molecule has 2 fully saturated rings. The van der Waals surface area contributed by atoms with Crippen molar-refractivity contribution in [3.8, 4) is 0 Å². The van der Waals surface area contributed by atoms with Gasteiger partial charge in [-0.05, 0) is 38.5 Å². The molecule has 104 valence electrons. The van der Waals surface area contributed by atoms with Crippen LogP contribution >= 0.6 is 0 Å². The minimum atomic E-state index is -0.321. The number of amides is 1. The van der Waals surface area contributed by atoms with E-state index in [0.717, 1.165) is 31.7 Å². The molecule has 1 saturated heterocycles. The van der Waals surface area contributed by atoms with Crippen LogP contribution in [0.1, 0.15) is 65.7 Å². The van der Waals surface area contributed by atoms with Crippen molar-refractivity contribution in [2.45, 2.75) is 77.4 Å². The Hall–Kier alpha value is -0.570. The van der Waals surface area contributed by atoms with E-state index in [9.17, 15) is 4.79 Å². The molecule has 1 heterocycles. The summed E-state index contributed by atoms with van der Waals surface area (Å²) in [6.45, 7) is 7.34. The van der Waals surface area contributed by atoms with Crippen LogP contribution in [0.3, 0.4) is 0 Å². The lowest BCUT2D eigenvalue weighted by Crippen LogP contribution is -2.43. The molecule has 2 rings (SSSR count). The highest BCUT2D eigenvalue weighted by Gasteiger charge is 2.46. The molecule has 2 unspecified atom stereocenters. The van der Waals surface area contributed by atoms with Crippen molar-refractivity contribution in [2.24, 2.45) is 5.92 Å². The van der Waals surface area contributed by atoms with E-state index in [1.807, 2.05) is 0 Å². The molecule has 3 heteroatoms. The first-order valence-corrected chi connectivity index (χ1v) is 7.69. The van der Waals surface area contributed by atoms with Gasteiger partial charge >= 0.3 is 0 Å². The Morgan fingerprint density at radius 3 is 2.56 bits per heavy atom. The van der Waals surface area contributed by atoms with Gasteiger partial charge in [-0.25, -0.2) is 0 Å². The fourth-order valence-corrected chi connectivity index (χ4v) is 3.40. The van der Waals surface area contributed by atoms with Crippen LogP contribution in [-0.4, -0.2) is 29.1 Å². The quantitative estimate of drug-likeness (QED) is 0.816. The molecule has 0 spiro atoms. The average molecular weight is 252 g/mol. The molecule has 0 aromatic rings. The summed E-state index contributed by atoms with van der Waals surface area (Å²) in [5, 5.41) is 3.57. The Balaban J connectivity index is 2.06. The number of rotatable bonds is 5. The summed E-state index contributed by atoms with van der Waals surface area (Å²) < 4.78 is 0. The summed E-state index contributed by atoms with van der Waals surface area (Å²) in [7, 11) is 0. The summed E-state index contributed by atoms with van der Waals surface area (Å²) in [5.74, 6) is 1.07. The molecule has 1 saturated carbocycles. The first-order valence-electron chi connectivity index (χ1n) is 7.69. The number of nitrogens with one attached hydrogen (secondary N) is 1. The maximum Gasteiger partial charge on any atom is 0.243 e. The molecule has 1 aliphatic carbocycles. The predicted octanol–water partition coefficient (Wildman–Crippen LogP) is 2.90. The summed E-state index contributed by atoms with van der Waals surface area (Å²) >= 11 is 0. The highest BCUT2D eigenvalue weighted by molar-refractivity contribution is 5.88. The van der Waals surface area contributed by atoms with E-state index < -0.39 is 0 Å². The zero-order chi connectivity index (χ0) is 13.2. The van der Waals surface area contributed by atoms with Crippen LogP contribution in [0.4, 0.5) is 0 Å².